The Bertz CT molecular complexity index is 1330. The predicted molar refractivity (Wildman–Crippen MR) is 135 cm³/mol. The summed E-state index contributed by atoms with van der Waals surface area (Å²) in [5.41, 5.74) is 0.735. The molecule has 3 rings (SSSR count). The number of thioether (sulfide) groups is 1. The van der Waals surface area contributed by atoms with Crippen molar-refractivity contribution < 1.29 is 14.6 Å². The third-order valence-electron chi connectivity index (χ3n) is 5.14. The molecule has 0 spiro atoms. The molecule has 0 aliphatic heterocycles. The smallest absolute Gasteiger partial charge is 0.333 e. The van der Waals surface area contributed by atoms with Crippen molar-refractivity contribution in [3.8, 4) is 11.6 Å². The second-order valence-electron chi connectivity index (χ2n) is 7.41. The lowest BCUT2D eigenvalue weighted by atomic mass is 10.1. The van der Waals surface area contributed by atoms with Gasteiger partial charge in [-0.15, -0.1) is 0 Å². The fraction of sp³-hybridized carbons (Fsp3) is 0.250. The highest BCUT2D eigenvalue weighted by molar-refractivity contribution is 8.15. The summed E-state index contributed by atoms with van der Waals surface area (Å²) in [5.74, 6) is -0.258. The van der Waals surface area contributed by atoms with Crippen LogP contribution in [0.1, 0.15) is 18.1 Å². The molecule has 0 unspecified atom stereocenters. The lowest BCUT2D eigenvalue weighted by Gasteiger charge is -2.13. The van der Waals surface area contributed by atoms with Crippen molar-refractivity contribution in [2.24, 2.45) is 19.1 Å². The highest BCUT2D eigenvalue weighted by atomic mass is 32.2. The molecule has 0 bridgehead atoms. The molecule has 2 aromatic carbocycles. The first-order valence-electron chi connectivity index (χ1n) is 10.5. The number of amides is 1. The van der Waals surface area contributed by atoms with E-state index in [1.165, 1.54) is 14.1 Å². The van der Waals surface area contributed by atoms with E-state index in [9.17, 15) is 19.5 Å². The number of nitrogens with zero attached hydrogens (tertiary/aromatic N) is 3. The molecule has 34 heavy (non-hydrogen) atoms. The quantitative estimate of drug-likeness (QED) is 0.395. The molecular formula is C24H26N4O5S. The Balaban J connectivity index is 1.94. The summed E-state index contributed by atoms with van der Waals surface area (Å²) in [4.78, 5) is 42.2. The van der Waals surface area contributed by atoms with Gasteiger partial charge >= 0.3 is 5.69 Å². The molecule has 10 heteroatoms. The van der Waals surface area contributed by atoms with E-state index in [0.29, 0.717) is 17.1 Å². The average Bonchev–Trinajstić information content (AvgIpc) is 2.85. The van der Waals surface area contributed by atoms with E-state index >= 15 is 0 Å². The van der Waals surface area contributed by atoms with Gasteiger partial charge in [-0.25, -0.2) is 9.79 Å². The van der Waals surface area contributed by atoms with Crippen LogP contribution in [0.25, 0.3) is 0 Å². The standard InChI is InChI=1S/C24H26N4O5S/c1-5-15-6-8-17(9-7-15)26-21(20-22(30)27(2)24(32)28(3)23(20)31)34-14-19(29)25-16-10-12-18(33-4)13-11-16/h6-13,30H,5,14H2,1-4H3,(H,25,29). The summed E-state index contributed by atoms with van der Waals surface area (Å²) in [6, 6.07) is 14.3. The number of anilines is 1. The number of rotatable bonds is 7. The third-order valence-corrected chi connectivity index (χ3v) is 6.11. The Morgan fingerprint density at radius 1 is 1.06 bits per heavy atom. The average molecular weight is 483 g/mol. The van der Waals surface area contributed by atoms with Crippen LogP contribution in [-0.4, -0.2) is 38.1 Å². The number of hydrogen-bond acceptors (Lipinski definition) is 7. The third kappa shape index (κ3) is 5.57. The minimum atomic E-state index is -0.701. The van der Waals surface area contributed by atoms with Crippen LogP contribution in [0.15, 0.2) is 63.1 Å². The van der Waals surface area contributed by atoms with Gasteiger partial charge in [-0.2, -0.15) is 0 Å². The number of methoxy groups -OCH3 is 1. The summed E-state index contributed by atoms with van der Waals surface area (Å²) >= 11 is 0.991. The van der Waals surface area contributed by atoms with Crippen LogP contribution >= 0.6 is 11.8 Å². The fourth-order valence-corrected chi connectivity index (χ4v) is 3.94. The fourth-order valence-electron chi connectivity index (χ4n) is 3.11. The summed E-state index contributed by atoms with van der Waals surface area (Å²) < 4.78 is 6.97. The van der Waals surface area contributed by atoms with E-state index in [1.54, 1.807) is 43.5 Å². The van der Waals surface area contributed by atoms with Crippen LogP contribution in [0.4, 0.5) is 11.4 Å². The summed E-state index contributed by atoms with van der Waals surface area (Å²) in [7, 11) is 4.23. The number of benzene rings is 2. The van der Waals surface area contributed by atoms with Crippen LogP contribution in [0, 0.1) is 0 Å². The Hall–Kier alpha value is -3.79. The maximum Gasteiger partial charge on any atom is 0.333 e. The van der Waals surface area contributed by atoms with Crippen LogP contribution in [0.3, 0.4) is 0 Å². The van der Waals surface area contributed by atoms with Crippen molar-refractivity contribution >= 4 is 34.1 Å². The Kier molecular flexibility index (Phi) is 7.95. The number of carbonyl (C=O) groups is 1. The van der Waals surface area contributed by atoms with Gasteiger partial charge in [-0.05, 0) is 48.4 Å². The molecule has 1 heterocycles. The number of aliphatic imine (C=N–C) groups is 1. The number of aromatic nitrogens is 2. The van der Waals surface area contributed by atoms with Gasteiger partial charge in [0, 0.05) is 19.8 Å². The number of aryl methyl sites for hydroxylation is 1. The molecule has 0 saturated heterocycles. The predicted octanol–water partition coefficient (Wildman–Crippen LogP) is 2.81. The molecule has 0 aliphatic carbocycles. The van der Waals surface area contributed by atoms with Gasteiger partial charge in [-0.1, -0.05) is 30.8 Å². The summed E-state index contributed by atoms with van der Waals surface area (Å²) in [5, 5.41) is 13.5. The summed E-state index contributed by atoms with van der Waals surface area (Å²) in [6.45, 7) is 2.03. The van der Waals surface area contributed by atoms with Crippen molar-refractivity contribution in [3.63, 3.8) is 0 Å². The van der Waals surface area contributed by atoms with Crippen molar-refractivity contribution in [3.05, 3.63) is 80.5 Å². The van der Waals surface area contributed by atoms with Gasteiger partial charge in [0.1, 0.15) is 16.4 Å². The molecule has 0 atom stereocenters. The molecule has 0 aliphatic rings. The van der Waals surface area contributed by atoms with Gasteiger partial charge in [0.2, 0.25) is 11.8 Å². The minimum absolute atomic E-state index is 0.0800. The van der Waals surface area contributed by atoms with Gasteiger partial charge < -0.3 is 15.2 Å². The van der Waals surface area contributed by atoms with Gasteiger partial charge in [0.05, 0.1) is 18.6 Å². The zero-order chi connectivity index (χ0) is 24.8. The monoisotopic (exact) mass is 482 g/mol. The molecule has 0 saturated carbocycles. The normalized spacial score (nSPS) is 11.4. The lowest BCUT2D eigenvalue weighted by Crippen LogP contribution is -2.39. The Morgan fingerprint density at radius 3 is 2.29 bits per heavy atom. The first kappa shape index (κ1) is 24.8. The SMILES string of the molecule is CCc1ccc(N=C(SCC(=O)Nc2ccc(OC)cc2)c2c(O)n(C)c(=O)n(C)c2=O)cc1. The second-order valence-corrected chi connectivity index (χ2v) is 8.37. The van der Waals surface area contributed by atoms with Crippen molar-refractivity contribution in [2.75, 3.05) is 18.2 Å². The van der Waals surface area contributed by atoms with E-state index in [2.05, 4.69) is 10.3 Å². The Morgan fingerprint density at radius 2 is 1.71 bits per heavy atom. The van der Waals surface area contributed by atoms with E-state index in [1.807, 2.05) is 19.1 Å². The highest BCUT2D eigenvalue weighted by Crippen LogP contribution is 2.24. The molecule has 178 valence electrons. The molecule has 1 aromatic heterocycles. The van der Waals surface area contributed by atoms with Gasteiger partial charge in [-0.3, -0.25) is 18.7 Å². The molecule has 3 aromatic rings. The number of hydrogen-bond donors (Lipinski definition) is 2. The molecular weight excluding hydrogens is 456 g/mol. The molecule has 0 fully saturated rings. The van der Waals surface area contributed by atoms with E-state index in [0.717, 1.165) is 32.9 Å². The van der Waals surface area contributed by atoms with Crippen LogP contribution in [0.2, 0.25) is 0 Å². The molecule has 1 amide bonds. The second kappa shape index (κ2) is 10.9. The number of carbonyl (C=O) groups excluding carboxylic acids is 1. The van der Waals surface area contributed by atoms with E-state index in [4.69, 9.17) is 4.74 Å². The van der Waals surface area contributed by atoms with Gasteiger partial charge in [0.15, 0.2) is 0 Å². The van der Waals surface area contributed by atoms with Crippen molar-refractivity contribution in [2.45, 2.75) is 13.3 Å². The number of nitrogens with one attached hydrogen (secondary N) is 1. The highest BCUT2D eigenvalue weighted by Gasteiger charge is 2.22. The number of ether oxygens (including phenoxy) is 1. The van der Waals surface area contributed by atoms with Crippen molar-refractivity contribution in [1.82, 2.24) is 9.13 Å². The molecule has 9 nitrogen and oxygen atoms in total. The minimum Gasteiger partial charge on any atom is -0.497 e. The van der Waals surface area contributed by atoms with Crippen LogP contribution in [-0.2, 0) is 25.3 Å². The maximum atomic E-state index is 12.9. The summed E-state index contributed by atoms with van der Waals surface area (Å²) in [6.07, 6.45) is 0.860. The Labute approximate surface area is 200 Å². The first-order chi connectivity index (χ1) is 16.2. The first-order valence-corrected chi connectivity index (χ1v) is 11.5. The van der Waals surface area contributed by atoms with Crippen LogP contribution in [0.5, 0.6) is 11.6 Å². The largest absolute Gasteiger partial charge is 0.497 e. The number of aromatic hydroxyl groups is 1. The zero-order valence-corrected chi connectivity index (χ0v) is 20.2. The molecule has 0 radical (unpaired) electrons. The zero-order valence-electron chi connectivity index (χ0n) is 19.4. The van der Waals surface area contributed by atoms with E-state index in [-0.39, 0.29) is 22.3 Å². The van der Waals surface area contributed by atoms with Crippen molar-refractivity contribution in [1.29, 1.82) is 0 Å². The molecule has 2 N–H and O–H groups in total. The van der Waals surface area contributed by atoms with Crippen LogP contribution < -0.4 is 21.3 Å². The lowest BCUT2D eigenvalue weighted by molar-refractivity contribution is -0.113. The maximum absolute atomic E-state index is 12.9. The van der Waals surface area contributed by atoms with E-state index < -0.39 is 17.1 Å². The topological polar surface area (TPSA) is 115 Å². The van der Waals surface area contributed by atoms with Gasteiger partial charge in [0.25, 0.3) is 5.56 Å².